The number of morpholine rings is 1. The Morgan fingerprint density at radius 1 is 1.44 bits per heavy atom. The van der Waals surface area contributed by atoms with Gasteiger partial charge < -0.3 is 15.4 Å². The molecule has 18 heavy (non-hydrogen) atoms. The van der Waals surface area contributed by atoms with Crippen molar-refractivity contribution >= 4 is 5.96 Å². The maximum absolute atomic E-state index is 6.05. The predicted molar refractivity (Wildman–Crippen MR) is 74.6 cm³/mol. The summed E-state index contributed by atoms with van der Waals surface area (Å²) in [7, 11) is 0. The third-order valence-corrected chi connectivity index (χ3v) is 4.28. The second kappa shape index (κ2) is 5.47. The summed E-state index contributed by atoms with van der Waals surface area (Å²) in [6, 6.07) is 0. The van der Waals surface area contributed by atoms with Crippen LogP contribution in [-0.4, -0.2) is 43.2 Å². The molecule has 0 amide bonds. The second-order valence-corrected chi connectivity index (χ2v) is 6.38. The molecule has 0 spiro atoms. The average molecular weight is 253 g/mol. The SMILES string of the molecule is CC1CN(C(N)=NCCC(C)(C)C2CC2)CCO1. The van der Waals surface area contributed by atoms with Gasteiger partial charge in [-0.05, 0) is 37.5 Å². The van der Waals surface area contributed by atoms with Gasteiger partial charge in [-0.1, -0.05) is 13.8 Å². The van der Waals surface area contributed by atoms with Gasteiger partial charge in [-0.15, -0.1) is 0 Å². The summed E-state index contributed by atoms with van der Waals surface area (Å²) in [6.45, 7) is 10.1. The van der Waals surface area contributed by atoms with Crippen LogP contribution < -0.4 is 5.73 Å². The lowest BCUT2D eigenvalue weighted by Crippen LogP contribution is -2.48. The van der Waals surface area contributed by atoms with Crippen molar-refractivity contribution in [3.8, 4) is 0 Å². The molecule has 0 bridgehead atoms. The Balaban J connectivity index is 1.77. The van der Waals surface area contributed by atoms with Crippen molar-refractivity contribution in [2.45, 2.75) is 46.1 Å². The van der Waals surface area contributed by atoms with Crippen LogP contribution >= 0.6 is 0 Å². The molecule has 0 aromatic carbocycles. The van der Waals surface area contributed by atoms with E-state index in [1.165, 1.54) is 12.8 Å². The Labute approximate surface area is 111 Å². The molecular formula is C14H27N3O. The summed E-state index contributed by atoms with van der Waals surface area (Å²) in [5, 5.41) is 0. The van der Waals surface area contributed by atoms with Gasteiger partial charge in [-0.25, -0.2) is 0 Å². The quantitative estimate of drug-likeness (QED) is 0.614. The first kappa shape index (κ1) is 13.7. The first-order valence-electron chi connectivity index (χ1n) is 7.15. The highest BCUT2D eigenvalue weighted by Gasteiger charge is 2.37. The van der Waals surface area contributed by atoms with Crippen LogP contribution in [0.15, 0.2) is 4.99 Å². The van der Waals surface area contributed by atoms with Crippen LogP contribution in [0.3, 0.4) is 0 Å². The lowest BCUT2D eigenvalue weighted by molar-refractivity contribution is 0.00528. The van der Waals surface area contributed by atoms with Gasteiger partial charge >= 0.3 is 0 Å². The van der Waals surface area contributed by atoms with E-state index in [-0.39, 0.29) is 6.10 Å². The van der Waals surface area contributed by atoms with Gasteiger partial charge in [-0.3, -0.25) is 4.99 Å². The highest BCUT2D eigenvalue weighted by Crippen LogP contribution is 2.47. The summed E-state index contributed by atoms with van der Waals surface area (Å²) in [5.41, 5.74) is 6.48. The van der Waals surface area contributed by atoms with Crippen molar-refractivity contribution in [3.05, 3.63) is 0 Å². The third kappa shape index (κ3) is 3.61. The van der Waals surface area contributed by atoms with E-state index in [4.69, 9.17) is 10.5 Å². The van der Waals surface area contributed by atoms with Gasteiger partial charge in [-0.2, -0.15) is 0 Å². The standard InChI is InChI=1S/C14H27N3O/c1-11-10-17(8-9-18-11)13(15)16-7-6-14(2,3)12-4-5-12/h11-12H,4-10H2,1-3H3,(H2,15,16). The Bertz CT molecular complexity index is 310. The van der Waals surface area contributed by atoms with Gasteiger partial charge in [0, 0.05) is 19.6 Å². The number of hydrogen-bond donors (Lipinski definition) is 1. The highest BCUT2D eigenvalue weighted by molar-refractivity contribution is 5.78. The molecule has 0 radical (unpaired) electrons. The largest absolute Gasteiger partial charge is 0.375 e. The fraction of sp³-hybridized carbons (Fsp3) is 0.929. The molecule has 2 aliphatic rings. The van der Waals surface area contributed by atoms with E-state index in [2.05, 4.69) is 30.7 Å². The molecule has 2 N–H and O–H groups in total. The number of guanidine groups is 1. The van der Waals surface area contributed by atoms with E-state index in [1.54, 1.807) is 0 Å². The van der Waals surface area contributed by atoms with Crippen LogP contribution in [0.2, 0.25) is 0 Å². The molecule has 0 aromatic heterocycles. The Morgan fingerprint density at radius 2 is 2.17 bits per heavy atom. The van der Waals surface area contributed by atoms with E-state index in [0.29, 0.717) is 11.4 Å². The highest BCUT2D eigenvalue weighted by atomic mass is 16.5. The number of hydrogen-bond acceptors (Lipinski definition) is 2. The molecule has 2 fully saturated rings. The Hall–Kier alpha value is -0.770. The summed E-state index contributed by atoms with van der Waals surface area (Å²) < 4.78 is 5.50. The van der Waals surface area contributed by atoms with Gasteiger partial charge in [0.15, 0.2) is 5.96 Å². The monoisotopic (exact) mass is 253 g/mol. The van der Waals surface area contributed by atoms with Crippen molar-refractivity contribution in [2.24, 2.45) is 22.1 Å². The van der Waals surface area contributed by atoms with Gasteiger partial charge in [0.1, 0.15) is 0 Å². The molecule has 1 saturated carbocycles. The van der Waals surface area contributed by atoms with Crippen molar-refractivity contribution < 1.29 is 4.74 Å². The number of nitrogens with zero attached hydrogens (tertiary/aromatic N) is 2. The van der Waals surface area contributed by atoms with E-state index in [0.717, 1.165) is 38.6 Å². The van der Waals surface area contributed by atoms with Crippen LogP contribution in [0.1, 0.15) is 40.0 Å². The minimum Gasteiger partial charge on any atom is -0.375 e. The number of nitrogens with two attached hydrogens (primary N) is 1. The van der Waals surface area contributed by atoms with Crippen LogP contribution in [0, 0.1) is 11.3 Å². The van der Waals surface area contributed by atoms with Crippen LogP contribution in [0.25, 0.3) is 0 Å². The summed E-state index contributed by atoms with van der Waals surface area (Å²) in [5.74, 6) is 1.61. The van der Waals surface area contributed by atoms with Crippen molar-refractivity contribution in [1.29, 1.82) is 0 Å². The second-order valence-electron chi connectivity index (χ2n) is 6.38. The van der Waals surface area contributed by atoms with Crippen molar-refractivity contribution in [1.82, 2.24) is 4.90 Å². The van der Waals surface area contributed by atoms with Crippen LogP contribution in [0.4, 0.5) is 0 Å². The van der Waals surface area contributed by atoms with Crippen LogP contribution in [-0.2, 0) is 4.74 Å². The first-order valence-corrected chi connectivity index (χ1v) is 7.15. The third-order valence-electron chi connectivity index (χ3n) is 4.28. The molecule has 4 nitrogen and oxygen atoms in total. The topological polar surface area (TPSA) is 50.8 Å². The van der Waals surface area contributed by atoms with Gasteiger partial charge in [0.2, 0.25) is 0 Å². The molecule has 1 atom stereocenters. The van der Waals surface area contributed by atoms with Crippen LogP contribution in [0.5, 0.6) is 0 Å². The van der Waals surface area contributed by atoms with E-state index in [1.807, 2.05) is 0 Å². The fourth-order valence-corrected chi connectivity index (χ4v) is 2.65. The Kier molecular flexibility index (Phi) is 4.15. The predicted octanol–water partition coefficient (Wildman–Crippen LogP) is 1.85. The maximum atomic E-state index is 6.05. The van der Waals surface area contributed by atoms with E-state index in [9.17, 15) is 0 Å². The number of rotatable bonds is 4. The van der Waals surface area contributed by atoms with Gasteiger partial charge in [0.05, 0.1) is 12.7 Å². The molecule has 104 valence electrons. The normalized spacial score (nSPS) is 26.5. The van der Waals surface area contributed by atoms with E-state index < -0.39 is 0 Å². The summed E-state index contributed by atoms with van der Waals surface area (Å²) >= 11 is 0. The molecule has 1 aliphatic carbocycles. The average Bonchev–Trinajstić information content (AvgIpc) is 3.12. The molecule has 4 heteroatoms. The van der Waals surface area contributed by atoms with E-state index >= 15 is 0 Å². The molecule has 1 aliphatic heterocycles. The number of ether oxygens (including phenoxy) is 1. The molecule has 2 rings (SSSR count). The molecule has 1 unspecified atom stereocenters. The maximum Gasteiger partial charge on any atom is 0.191 e. The summed E-state index contributed by atoms with van der Waals surface area (Å²) in [4.78, 5) is 6.68. The lowest BCUT2D eigenvalue weighted by Gasteiger charge is -2.32. The molecular weight excluding hydrogens is 226 g/mol. The zero-order valence-corrected chi connectivity index (χ0v) is 12.0. The smallest absolute Gasteiger partial charge is 0.191 e. The minimum atomic E-state index is 0.260. The zero-order chi connectivity index (χ0) is 13.2. The number of aliphatic imine (C=N–C) groups is 1. The summed E-state index contributed by atoms with van der Waals surface area (Å²) in [6.07, 6.45) is 4.19. The lowest BCUT2D eigenvalue weighted by atomic mass is 9.84. The minimum absolute atomic E-state index is 0.260. The Morgan fingerprint density at radius 3 is 2.78 bits per heavy atom. The first-order chi connectivity index (χ1) is 8.49. The fourth-order valence-electron chi connectivity index (χ4n) is 2.65. The van der Waals surface area contributed by atoms with Gasteiger partial charge in [0.25, 0.3) is 0 Å². The van der Waals surface area contributed by atoms with Crippen molar-refractivity contribution in [3.63, 3.8) is 0 Å². The van der Waals surface area contributed by atoms with Crippen molar-refractivity contribution in [2.75, 3.05) is 26.2 Å². The zero-order valence-electron chi connectivity index (χ0n) is 12.0. The molecule has 1 heterocycles. The molecule has 1 saturated heterocycles. The molecule has 0 aromatic rings.